The van der Waals surface area contributed by atoms with Crippen molar-refractivity contribution in [2.24, 2.45) is 64.6 Å². The monoisotopic (exact) mass is 1570 g/mol. The molecule has 10 nitrogen and oxygen atoms in total. The van der Waals surface area contributed by atoms with Crippen LogP contribution in [0, 0.1) is 64.6 Å². The molecule has 10 aliphatic carbocycles. The second kappa shape index (κ2) is 45.2. The van der Waals surface area contributed by atoms with Crippen molar-refractivity contribution in [2.45, 2.75) is 364 Å². The van der Waals surface area contributed by atoms with Gasteiger partial charge in [0.05, 0.1) is 18.3 Å². The number of phenolic OH excluding ortho intramolecular Hbond substituents is 2. The summed E-state index contributed by atoms with van der Waals surface area (Å²) < 4.78 is 49.1. The highest BCUT2D eigenvalue weighted by Crippen LogP contribution is 2.63. The Kier molecular flexibility index (Phi) is 36.4. The molecule has 8 bridgehead atoms. The zero-order chi connectivity index (χ0) is 80.7. The number of rotatable bonds is 29. The molecule has 632 valence electrons. The van der Waals surface area contributed by atoms with Gasteiger partial charge in [0.25, 0.3) is 0 Å². The summed E-state index contributed by atoms with van der Waals surface area (Å²) in [5.74, 6) is 16.6. The van der Waals surface area contributed by atoms with E-state index in [0.717, 1.165) is 89.1 Å². The first-order valence-electron chi connectivity index (χ1n) is 45.6. The van der Waals surface area contributed by atoms with Gasteiger partial charge in [-0.15, -0.1) is 0 Å². The van der Waals surface area contributed by atoms with Crippen LogP contribution in [-0.4, -0.2) is 60.8 Å². The molecule has 10 heteroatoms. The second-order valence-corrected chi connectivity index (χ2v) is 37.0. The van der Waals surface area contributed by atoms with E-state index in [2.05, 4.69) is 194 Å². The number of hydrogen-bond donors (Lipinski definition) is 2. The molecule has 18 atom stereocenters. The summed E-state index contributed by atoms with van der Waals surface area (Å²) in [6, 6.07) is 49.1. The molecule has 0 aromatic heterocycles. The number of hydrogen-bond acceptors (Lipinski definition) is 10. The SMILES string of the molecule is C.CCC(C)c1ccc(O)cc1.CCC(C)c1ccc(O)cc1.CCC(C)c1ccc(OC(C)OC2CC3CCC2C3)cc1.CCC(C)c1ccc(OC(C)OC2CCCCC2)cc1.CCC(C)c1ccc(OC(OC)C23CC4CC(CC(C4)C2)C3)cc1.CCC(C)c1ccc(OC(OC2CC3CC2C2CCCC32)C(C)C)cc1. The molecular formula is C104H156O10. The van der Waals surface area contributed by atoms with Gasteiger partial charge in [0.15, 0.2) is 12.6 Å². The van der Waals surface area contributed by atoms with Crippen LogP contribution in [-0.2, 0) is 18.9 Å². The molecule has 10 saturated carbocycles. The Hall–Kier alpha value is -6.04. The molecule has 114 heavy (non-hydrogen) atoms. The maximum absolute atomic E-state index is 9.01. The third-order valence-electron chi connectivity index (χ3n) is 28.5. The van der Waals surface area contributed by atoms with Gasteiger partial charge in [0.2, 0.25) is 12.6 Å². The molecule has 10 aliphatic rings. The van der Waals surface area contributed by atoms with Crippen molar-refractivity contribution in [1.82, 2.24) is 0 Å². The fraction of sp³-hybridized carbons (Fsp3) is 0.654. The molecule has 0 heterocycles. The van der Waals surface area contributed by atoms with Gasteiger partial charge in [-0.3, -0.25) is 0 Å². The lowest BCUT2D eigenvalue weighted by molar-refractivity contribution is -0.204. The molecule has 0 saturated heterocycles. The molecule has 2 N–H and O–H groups in total. The second-order valence-electron chi connectivity index (χ2n) is 37.0. The van der Waals surface area contributed by atoms with Crippen molar-refractivity contribution in [3.05, 3.63) is 179 Å². The van der Waals surface area contributed by atoms with Gasteiger partial charge in [-0.1, -0.05) is 203 Å². The topological polar surface area (TPSA) is 114 Å². The molecule has 0 aliphatic heterocycles. The predicted octanol–water partition coefficient (Wildman–Crippen LogP) is 29.0. The number of fused-ring (bicyclic) bond motifs is 7. The number of benzene rings is 6. The zero-order valence-electron chi connectivity index (χ0n) is 73.2. The van der Waals surface area contributed by atoms with E-state index in [4.69, 9.17) is 48.1 Å². The smallest absolute Gasteiger partial charge is 0.205 e. The highest BCUT2D eigenvalue weighted by molar-refractivity contribution is 5.34. The van der Waals surface area contributed by atoms with Gasteiger partial charge in [-0.25, -0.2) is 0 Å². The van der Waals surface area contributed by atoms with Gasteiger partial charge in [0, 0.05) is 18.4 Å². The molecule has 0 radical (unpaired) electrons. The van der Waals surface area contributed by atoms with E-state index in [-0.39, 0.29) is 38.0 Å². The molecule has 16 rings (SSSR count). The van der Waals surface area contributed by atoms with E-state index in [0.29, 0.717) is 71.2 Å². The number of ether oxygens (including phenoxy) is 8. The summed E-state index contributed by atoms with van der Waals surface area (Å²) in [5.41, 5.74) is 8.40. The summed E-state index contributed by atoms with van der Waals surface area (Å²) >= 11 is 0. The first-order valence-corrected chi connectivity index (χ1v) is 45.6. The quantitative estimate of drug-likeness (QED) is 0.0440. The molecule has 18 unspecified atom stereocenters. The highest BCUT2D eigenvalue weighted by atomic mass is 16.7. The Morgan fingerprint density at radius 2 is 0.711 bits per heavy atom. The fourth-order valence-corrected chi connectivity index (χ4v) is 20.8. The van der Waals surface area contributed by atoms with E-state index in [1.165, 1.54) is 187 Å². The van der Waals surface area contributed by atoms with E-state index < -0.39 is 0 Å². The minimum atomic E-state index is -0.160. The number of methoxy groups -OCH3 is 1. The van der Waals surface area contributed by atoms with E-state index >= 15 is 0 Å². The maximum Gasteiger partial charge on any atom is 0.205 e. The molecule has 10 fully saturated rings. The Labute approximate surface area is 693 Å². The molecule has 0 amide bonds. The van der Waals surface area contributed by atoms with Gasteiger partial charge >= 0.3 is 0 Å². The van der Waals surface area contributed by atoms with Gasteiger partial charge < -0.3 is 48.1 Å². The van der Waals surface area contributed by atoms with Crippen LogP contribution < -0.4 is 18.9 Å². The Morgan fingerprint density at radius 1 is 0.333 bits per heavy atom. The Balaban J connectivity index is 0.000000160. The fourth-order valence-electron chi connectivity index (χ4n) is 20.8. The zero-order valence-corrected chi connectivity index (χ0v) is 73.2. The Morgan fingerprint density at radius 3 is 1.08 bits per heavy atom. The van der Waals surface area contributed by atoms with Crippen LogP contribution >= 0.6 is 0 Å². The standard InChI is InChI=1S/C24H36O2.C22H32O2.C19H28O2.C18H28O2.2C10H14O.CH4/c1-5-16(4)17-9-11-19(12-10-17)25-24(15(2)3)26-23-14-18-13-22(23)21-8-6-7-20(18)21;1-4-15(2)19-5-7-20(8-6-19)24-21(23-3)22-12-16-9-17(13-22)11-18(10-16)14-22;1-4-13(2)16-7-9-18(10-8-16)20-14(3)21-19-12-15-5-6-17(19)11-15;1-4-14(2)16-10-12-18(13-11-16)20-15(3)19-17-8-6-5-7-9-17;2*1-3-8(2)9-4-6-10(11)7-5-9;/h9-12,15-16,18,20-24H,5-8,13-14H2,1-4H3;5-8,15-18,21H,4,9-14H2,1-3H3;7-10,13-15,17,19H,4-6,11-12H2,1-3H3;10-15,17H,4-9H2,1-3H3;2*4-8,11H,3H2,1-2H3;1H4. The molecule has 6 aromatic rings. The lowest BCUT2D eigenvalue weighted by atomic mass is 9.49. The summed E-state index contributed by atoms with van der Waals surface area (Å²) in [7, 11) is 1.83. The summed E-state index contributed by atoms with van der Waals surface area (Å²) in [6.45, 7) is 35.1. The van der Waals surface area contributed by atoms with Crippen molar-refractivity contribution in [3.8, 4) is 34.5 Å². The van der Waals surface area contributed by atoms with Crippen molar-refractivity contribution in [2.75, 3.05) is 7.11 Å². The largest absolute Gasteiger partial charge is 0.508 e. The number of phenols is 2. The third-order valence-corrected chi connectivity index (χ3v) is 28.5. The van der Waals surface area contributed by atoms with Crippen molar-refractivity contribution in [1.29, 1.82) is 0 Å². The highest BCUT2D eigenvalue weighted by Gasteiger charge is 2.57. The van der Waals surface area contributed by atoms with E-state index in [1.807, 2.05) is 45.2 Å². The summed E-state index contributed by atoms with van der Waals surface area (Å²) in [6.07, 6.45) is 34.7. The van der Waals surface area contributed by atoms with Crippen molar-refractivity contribution >= 4 is 0 Å². The van der Waals surface area contributed by atoms with Crippen LogP contribution in [0.1, 0.15) is 354 Å². The first-order chi connectivity index (χ1) is 54.5. The molecular weight excluding hydrogens is 1410 g/mol. The van der Waals surface area contributed by atoms with Gasteiger partial charge in [0.1, 0.15) is 34.5 Å². The minimum Gasteiger partial charge on any atom is -0.508 e. The van der Waals surface area contributed by atoms with Gasteiger partial charge in [-0.2, -0.15) is 0 Å². The normalized spacial score (nSPS) is 27.2. The minimum absolute atomic E-state index is 0. The van der Waals surface area contributed by atoms with Crippen molar-refractivity contribution in [3.63, 3.8) is 0 Å². The van der Waals surface area contributed by atoms with Crippen LogP contribution in [0.15, 0.2) is 146 Å². The average Bonchev–Trinajstić information content (AvgIpc) is 0.812. The van der Waals surface area contributed by atoms with Crippen LogP contribution in [0.3, 0.4) is 0 Å². The maximum atomic E-state index is 9.01. The first kappa shape index (κ1) is 91.9. The van der Waals surface area contributed by atoms with Crippen LogP contribution in [0.25, 0.3) is 0 Å². The summed E-state index contributed by atoms with van der Waals surface area (Å²) in [5, 5.41) is 18.0. The van der Waals surface area contributed by atoms with Gasteiger partial charge in [-0.05, 0) is 350 Å². The lowest BCUT2D eigenvalue weighted by Gasteiger charge is -2.58. The van der Waals surface area contributed by atoms with E-state index in [1.54, 1.807) is 24.3 Å². The molecule has 0 spiro atoms. The van der Waals surface area contributed by atoms with Crippen LogP contribution in [0.2, 0.25) is 0 Å². The van der Waals surface area contributed by atoms with E-state index in [9.17, 15) is 0 Å². The predicted molar refractivity (Wildman–Crippen MR) is 473 cm³/mol. The van der Waals surface area contributed by atoms with Crippen LogP contribution in [0.5, 0.6) is 34.5 Å². The molecule has 6 aromatic carbocycles. The van der Waals surface area contributed by atoms with Crippen molar-refractivity contribution < 1.29 is 48.1 Å². The lowest BCUT2D eigenvalue weighted by Crippen LogP contribution is -2.53. The van der Waals surface area contributed by atoms with Crippen LogP contribution in [0.4, 0.5) is 0 Å². The third kappa shape index (κ3) is 26.0. The summed E-state index contributed by atoms with van der Waals surface area (Å²) in [4.78, 5) is 0. The number of aromatic hydroxyl groups is 2. The average molecular weight is 1570 g/mol. The Bertz CT molecular complexity index is 3540.